The van der Waals surface area contributed by atoms with Crippen LogP contribution in [0.3, 0.4) is 0 Å². The second-order valence-corrected chi connectivity index (χ2v) is 24.8. The van der Waals surface area contributed by atoms with Crippen LogP contribution in [0.15, 0.2) is 103 Å². The summed E-state index contributed by atoms with van der Waals surface area (Å²) < 4.78 is 47.9. The predicted octanol–water partition coefficient (Wildman–Crippen LogP) is 10.2. The van der Waals surface area contributed by atoms with E-state index in [9.17, 15) is 18.3 Å². The van der Waals surface area contributed by atoms with Crippen LogP contribution in [-0.2, 0) is 15.8 Å². The van der Waals surface area contributed by atoms with Gasteiger partial charge in [0, 0.05) is 12.2 Å². The molecule has 1 atom stereocenters. The maximum absolute atomic E-state index is 13.6. The number of hydrogen-bond donors (Lipinski definition) is 1. The van der Waals surface area contributed by atoms with E-state index in [0.717, 1.165) is 12.1 Å². The second-order valence-electron chi connectivity index (χ2n) is 14.5. The van der Waals surface area contributed by atoms with Crippen molar-refractivity contribution in [3.05, 3.63) is 114 Å². The van der Waals surface area contributed by atoms with E-state index in [0.29, 0.717) is 30.6 Å². The van der Waals surface area contributed by atoms with Gasteiger partial charge < -0.3 is 9.53 Å². The van der Waals surface area contributed by atoms with Crippen LogP contribution in [0.2, 0.25) is 21.7 Å². The molecule has 46 heavy (non-hydrogen) atoms. The molecular formula is C39H53F3O2Si2. The van der Waals surface area contributed by atoms with E-state index in [4.69, 9.17) is 4.43 Å². The molecule has 0 spiro atoms. The average Bonchev–Trinajstić information content (AvgIpc) is 2.98. The van der Waals surface area contributed by atoms with Gasteiger partial charge in [0.15, 0.2) is 0 Å². The zero-order chi connectivity index (χ0) is 34.6. The molecule has 3 aromatic rings. The van der Waals surface area contributed by atoms with E-state index in [1.54, 1.807) is 0 Å². The third-order valence-electron chi connectivity index (χ3n) is 10.1. The van der Waals surface area contributed by atoms with E-state index in [2.05, 4.69) is 123 Å². The summed E-state index contributed by atoms with van der Waals surface area (Å²) in [6, 6.07) is 26.1. The van der Waals surface area contributed by atoms with Crippen LogP contribution < -0.4 is 10.4 Å². The van der Waals surface area contributed by atoms with Crippen molar-refractivity contribution in [2.75, 3.05) is 6.61 Å². The van der Waals surface area contributed by atoms with Crippen LogP contribution in [0.5, 0.6) is 0 Å². The topological polar surface area (TPSA) is 29.5 Å². The third kappa shape index (κ3) is 6.81. The van der Waals surface area contributed by atoms with Crippen molar-refractivity contribution in [2.24, 2.45) is 0 Å². The highest BCUT2D eigenvalue weighted by molar-refractivity contribution is 6.99. The lowest BCUT2D eigenvalue weighted by molar-refractivity contribution is -0.137. The largest absolute Gasteiger partial charge is 0.416 e. The van der Waals surface area contributed by atoms with Crippen molar-refractivity contribution in [1.29, 1.82) is 0 Å². The average molecular weight is 667 g/mol. The lowest BCUT2D eigenvalue weighted by Gasteiger charge is -2.55. The summed E-state index contributed by atoms with van der Waals surface area (Å²) in [5.74, 6) is 0. The first-order valence-electron chi connectivity index (χ1n) is 16.5. The molecule has 3 rings (SSSR count). The molecule has 0 aromatic heterocycles. The van der Waals surface area contributed by atoms with Gasteiger partial charge in [-0.1, -0.05) is 142 Å². The quantitative estimate of drug-likeness (QED) is 0.112. The molecule has 1 N–H and O–H groups in total. The van der Waals surface area contributed by atoms with Crippen LogP contribution in [0.25, 0.3) is 0 Å². The number of halogens is 3. The van der Waals surface area contributed by atoms with Crippen molar-refractivity contribution in [3.63, 3.8) is 0 Å². The molecule has 0 saturated heterocycles. The molecule has 0 aliphatic rings. The van der Waals surface area contributed by atoms with Crippen molar-refractivity contribution in [3.8, 4) is 0 Å². The summed E-state index contributed by atoms with van der Waals surface area (Å²) in [4.78, 5) is 0. The molecule has 250 valence electrons. The minimum absolute atomic E-state index is 0.122. The van der Waals surface area contributed by atoms with Gasteiger partial charge in [0.2, 0.25) is 0 Å². The van der Waals surface area contributed by atoms with Gasteiger partial charge in [-0.3, -0.25) is 0 Å². The molecule has 0 amide bonds. The molecule has 0 aliphatic carbocycles. The van der Waals surface area contributed by atoms with Crippen LogP contribution in [0.4, 0.5) is 13.2 Å². The number of rotatable bonds is 13. The first-order valence-corrected chi connectivity index (χ1v) is 20.6. The fraction of sp³-hybridized carbons (Fsp3) is 0.462. The zero-order valence-corrected chi connectivity index (χ0v) is 31.1. The number of hydrogen-bond acceptors (Lipinski definition) is 2. The first-order chi connectivity index (χ1) is 21.4. The lowest BCUT2D eigenvalue weighted by Crippen LogP contribution is -2.66. The third-order valence-corrected chi connectivity index (χ3v) is 22.7. The number of benzene rings is 3. The van der Waals surface area contributed by atoms with Crippen molar-refractivity contribution >= 4 is 26.8 Å². The summed E-state index contributed by atoms with van der Waals surface area (Å²) in [6.07, 6.45) is -3.40. The van der Waals surface area contributed by atoms with E-state index >= 15 is 0 Å². The first kappa shape index (κ1) is 37.8. The Hall–Kier alpha value is -2.68. The Bertz CT molecular complexity index is 1390. The summed E-state index contributed by atoms with van der Waals surface area (Å²) in [6.45, 7) is 24.1. The predicted molar refractivity (Wildman–Crippen MR) is 192 cm³/mol. The normalized spacial score (nSPS) is 14.4. The molecular weight excluding hydrogens is 614 g/mol. The summed E-state index contributed by atoms with van der Waals surface area (Å²) in [7, 11) is -5.56. The van der Waals surface area contributed by atoms with Crippen LogP contribution >= 0.6 is 0 Å². The Labute approximate surface area is 277 Å². The molecule has 0 saturated carbocycles. The van der Waals surface area contributed by atoms with Crippen molar-refractivity contribution in [2.45, 2.75) is 108 Å². The summed E-state index contributed by atoms with van der Waals surface area (Å²) in [5, 5.41) is 13.9. The van der Waals surface area contributed by atoms with E-state index in [1.807, 2.05) is 12.1 Å². The molecule has 2 nitrogen and oxygen atoms in total. The van der Waals surface area contributed by atoms with Gasteiger partial charge in [-0.05, 0) is 62.6 Å². The van der Waals surface area contributed by atoms with Crippen LogP contribution in [0, 0.1) is 0 Å². The minimum atomic E-state index is -4.46. The van der Waals surface area contributed by atoms with Gasteiger partial charge in [0.05, 0.1) is 5.56 Å². The lowest BCUT2D eigenvalue weighted by atomic mass is 9.96. The van der Waals surface area contributed by atoms with Gasteiger partial charge in [0.1, 0.15) is 13.3 Å². The van der Waals surface area contributed by atoms with E-state index in [1.165, 1.54) is 22.5 Å². The monoisotopic (exact) mass is 666 g/mol. The molecule has 0 heterocycles. The van der Waals surface area contributed by atoms with E-state index in [-0.39, 0.29) is 21.7 Å². The van der Waals surface area contributed by atoms with Gasteiger partial charge in [-0.2, -0.15) is 13.2 Å². The highest BCUT2D eigenvalue weighted by atomic mass is 28.4. The number of aliphatic hydroxyl groups is 1. The van der Waals surface area contributed by atoms with Gasteiger partial charge in [0.25, 0.3) is 8.32 Å². The van der Waals surface area contributed by atoms with Crippen LogP contribution in [0.1, 0.15) is 86.3 Å². The molecule has 0 aliphatic heterocycles. The molecule has 7 heteroatoms. The van der Waals surface area contributed by atoms with Gasteiger partial charge in [-0.25, -0.2) is 0 Å². The van der Waals surface area contributed by atoms with Crippen molar-refractivity contribution in [1.82, 2.24) is 0 Å². The van der Waals surface area contributed by atoms with Gasteiger partial charge >= 0.3 is 6.18 Å². The van der Waals surface area contributed by atoms with Crippen LogP contribution in [-0.4, -0.2) is 28.1 Å². The fourth-order valence-electron chi connectivity index (χ4n) is 8.47. The zero-order valence-electron chi connectivity index (χ0n) is 29.1. The maximum atomic E-state index is 13.6. The SMILES string of the molecule is C=C=C(CCCO[Si](c1ccccc1)(c1ccccc1)C(C)(C)C)C(O)(c1ccc(C(F)(F)F)cc1)[Si](C(C)C)(C(C)C)C(C)C. The standard InChI is InChI=1S/C39H53F3O2Si2/c1-11-32(19-18-28-44-46(37(8,9)10,35-20-14-12-15-21-35)36-22-16-13-17-23-36)38(43,45(29(2)3,30(4)5)31(6)7)33-24-26-34(27-25-33)39(40,41)42/h12-17,20-27,29-31,43H,1,18-19,28H2,2-10H3. The second kappa shape index (κ2) is 14.6. The Morgan fingerprint density at radius 1 is 0.739 bits per heavy atom. The Balaban J connectivity index is 2.10. The fourth-order valence-corrected chi connectivity index (χ4v) is 21.0. The van der Waals surface area contributed by atoms with Crippen molar-refractivity contribution < 1.29 is 22.7 Å². The van der Waals surface area contributed by atoms with E-state index < -0.39 is 33.4 Å². The molecule has 0 radical (unpaired) electrons. The van der Waals surface area contributed by atoms with Gasteiger partial charge in [-0.15, -0.1) is 5.73 Å². The molecule has 0 fully saturated rings. The minimum Gasteiger partial charge on any atom is -0.407 e. The molecule has 1 unspecified atom stereocenters. The smallest absolute Gasteiger partial charge is 0.407 e. The Morgan fingerprint density at radius 2 is 1.15 bits per heavy atom. The highest BCUT2D eigenvalue weighted by Gasteiger charge is 2.60. The summed E-state index contributed by atoms with van der Waals surface area (Å²) in [5.41, 5.74) is 3.90. The highest BCUT2D eigenvalue weighted by Crippen LogP contribution is 2.56. The Kier molecular flexibility index (Phi) is 12.0. The molecule has 3 aromatic carbocycles. The Morgan fingerprint density at radius 3 is 1.50 bits per heavy atom. The number of alkyl halides is 3. The maximum Gasteiger partial charge on any atom is 0.416 e. The molecule has 0 bridgehead atoms. The summed E-state index contributed by atoms with van der Waals surface area (Å²) >= 11 is 0.